The molecule has 4 N–H and O–H groups in total. The number of tetrazole rings is 1. The van der Waals surface area contributed by atoms with E-state index in [1.54, 1.807) is 12.4 Å². The van der Waals surface area contributed by atoms with E-state index in [1.807, 2.05) is 0 Å². The smallest absolute Gasteiger partial charge is 0.449 e. The van der Waals surface area contributed by atoms with Gasteiger partial charge in [0.25, 0.3) is 11.8 Å². The molecule has 1 saturated heterocycles. The normalized spacial score (nSPS) is 20.4. The predicted octanol–water partition coefficient (Wildman–Crippen LogP) is 0.927. The van der Waals surface area contributed by atoms with Crippen LogP contribution in [0, 0.1) is 0 Å². The zero-order valence-electron chi connectivity index (χ0n) is 16.7. The molecule has 4 rings (SSSR count). The van der Waals surface area contributed by atoms with Crippen LogP contribution in [0.25, 0.3) is 5.57 Å². The summed E-state index contributed by atoms with van der Waals surface area (Å²) in [5.74, 6) is -0.490. The van der Waals surface area contributed by atoms with Gasteiger partial charge in [0, 0.05) is 35.0 Å². The number of aromatic nitrogens is 5. The fraction of sp³-hybridized carbons (Fsp3) is 0.312. The second kappa shape index (κ2) is 9.58. The number of anilines is 1. The average molecular weight is 531 g/mol. The number of ether oxygens (including phenoxy) is 1. The van der Waals surface area contributed by atoms with Crippen molar-refractivity contribution in [2.24, 2.45) is 7.05 Å². The highest BCUT2D eigenvalue weighted by atomic mass is 35.5. The Labute approximate surface area is 203 Å². The van der Waals surface area contributed by atoms with Crippen molar-refractivity contribution < 1.29 is 24.2 Å². The summed E-state index contributed by atoms with van der Waals surface area (Å²) < 4.78 is 6.42. The van der Waals surface area contributed by atoms with E-state index in [0.29, 0.717) is 22.2 Å². The summed E-state index contributed by atoms with van der Waals surface area (Å²) >= 11 is 9.59. The molecule has 0 aromatic carbocycles. The van der Waals surface area contributed by atoms with Gasteiger partial charge in [-0.15, -0.1) is 28.2 Å². The number of β-lactam (4-membered cyclic amide) rings is 1. The summed E-state index contributed by atoms with van der Waals surface area (Å²) in [4.78, 5) is 42.1. The molecule has 4 heterocycles. The number of carboxylic acid groups (broad SMARTS) is 1. The summed E-state index contributed by atoms with van der Waals surface area (Å²) in [7, 11) is 1.67. The molecular formula is C16H15ClN8O5S3. The third-order valence-electron chi connectivity index (χ3n) is 4.57. The van der Waals surface area contributed by atoms with Crippen LogP contribution in [0.3, 0.4) is 0 Å². The van der Waals surface area contributed by atoms with Crippen LogP contribution >= 0.6 is 46.5 Å². The number of amides is 2. The number of aryl methyl sites for hydroxylation is 1. The van der Waals surface area contributed by atoms with E-state index in [9.17, 15) is 19.5 Å². The number of nitrogens with one attached hydrogen (secondary N) is 1. The van der Waals surface area contributed by atoms with Gasteiger partial charge in [-0.05, 0) is 10.4 Å². The van der Waals surface area contributed by atoms with Crippen LogP contribution in [0.2, 0.25) is 0 Å². The van der Waals surface area contributed by atoms with E-state index in [1.165, 1.54) is 33.1 Å². The summed E-state index contributed by atoms with van der Waals surface area (Å²) in [5.41, 5.74) is 7.61. The first-order chi connectivity index (χ1) is 15.8. The number of thiazole rings is 1. The molecule has 2 atom stereocenters. The molecule has 0 saturated carbocycles. The zero-order valence-corrected chi connectivity index (χ0v) is 19.9. The molecule has 0 bridgehead atoms. The van der Waals surface area contributed by atoms with E-state index in [0.717, 1.165) is 16.9 Å². The molecule has 1 unspecified atom stereocenters. The molecular weight excluding hydrogens is 516 g/mol. The number of hydrogen-bond acceptors (Lipinski definition) is 12. The second-order valence-corrected chi connectivity index (χ2v) is 9.76. The van der Waals surface area contributed by atoms with Gasteiger partial charge in [-0.25, -0.2) is 14.5 Å². The van der Waals surface area contributed by atoms with E-state index >= 15 is 0 Å². The van der Waals surface area contributed by atoms with Crippen molar-refractivity contribution in [1.82, 2.24) is 35.4 Å². The Morgan fingerprint density at radius 2 is 2.30 bits per heavy atom. The number of fused-ring (bicyclic) bond motifs is 1. The van der Waals surface area contributed by atoms with Gasteiger partial charge in [-0.3, -0.25) is 14.5 Å². The molecule has 174 valence electrons. The maximum atomic E-state index is 12.9. The van der Waals surface area contributed by atoms with Gasteiger partial charge in [-0.2, -0.15) is 0 Å². The largest absolute Gasteiger partial charge is 0.512 e. The minimum Gasteiger partial charge on any atom is -0.449 e. The van der Waals surface area contributed by atoms with Gasteiger partial charge in [0.2, 0.25) is 11.0 Å². The third-order valence-corrected chi connectivity index (χ3v) is 7.90. The first kappa shape index (κ1) is 23.3. The average Bonchev–Trinajstić information content (AvgIpc) is 3.38. The number of thioether (sulfide) groups is 2. The Kier molecular flexibility index (Phi) is 6.78. The van der Waals surface area contributed by atoms with Crippen molar-refractivity contribution in [3.8, 4) is 0 Å². The quantitative estimate of drug-likeness (QED) is 0.200. The van der Waals surface area contributed by atoms with Gasteiger partial charge in [0.1, 0.15) is 11.4 Å². The molecule has 0 radical (unpaired) electrons. The van der Waals surface area contributed by atoms with Crippen molar-refractivity contribution in [1.29, 1.82) is 0 Å². The Balaban J connectivity index is 1.49. The fourth-order valence-electron chi connectivity index (χ4n) is 3.06. The highest BCUT2D eigenvalue weighted by molar-refractivity contribution is 8.01. The Morgan fingerprint density at radius 3 is 2.91 bits per heavy atom. The molecule has 0 spiro atoms. The Bertz CT molecular complexity index is 1180. The highest BCUT2D eigenvalue weighted by Crippen LogP contribution is 2.42. The SMILES string of the molecule is Cn1nnnc1SCC1=C(OC(=O)O)N2C(=O)C(NC(=O)C(=CCl)c3csc(N)n3)[C@@H]2SC1. The number of rotatable bonds is 7. The van der Waals surface area contributed by atoms with Crippen LogP contribution in [0.4, 0.5) is 9.93 Å². The molecule has 13 nitrogen and oxygen atoms in total. The summed E-state index contributed by atoms with van der Waals surface area (Å²) in [5, 5.41) is 24.8. The van der Waals surface area contributed by atoms with Gasteiger partial charge >= 0.3 is 6.16 Å². The molecule has 2 aromatic heterocycles. The van der Waals surface area contributed by atoms with Crippen LogP contribution < -0.4 is 11.1 Å². The minimum absolute atomic E-state index is 0.0589. The van der Waals surface area contributed by atoms with E-state index in [-0.39, 0.29) is 22.3 Å². The lowest BCUT2D eigenvalue weighted by Gasteiger charge is -2.49. The number of carbonyl (C=O) groups is 3. The molecule has 2 aromatic rings. The number of carbonyl (C=O) groups excluding carboxylic acids is 2. The lowest BCUT2D eigenvalue weighted by Crippen LogP contribution is -2.70. The van der Waals surface area contributed by atoms with Gasteiger partial charge in [-0.1, -0.05) is 23.4 Å². The molecule has 17 heteroatoms. The molecule has 2 amide bonds. The molecule has 0 aliphatic carbocycles. The first-order valence-corrected chi connectivity index (χ1v) is 12.4. The number of hydrogen-bond donors (Lipinski definition) is 3. The van der Waals surface area contributed by atoms with Crippen LogP contribution in [0.15, 0.2) is 27.5 Å². The summed E-state index contributed by atoms with van der Waals surface area (Å²) in [6.45, 7) is 0. The highest BCUT2D eigenvalue weighted by Gasteiger charge is 2.54. The predicted molar refractivity (Wildman–Crippen MR) is 121 cm³/mol. The summed E-state index contributed by atoms with van der Waals surface area (Å²) in [6, 6.07) is -0.894. The van der Waals surface area contributed by atoms with Crippen molar-refractivity contribution in [3.05, 3.63) is 28.1 Å². The lowest BCUT2D eigenvalue weighted by atomic mass is 10.1. The van der Waals surface area contributed by atoms with E-state index in [4.69, 9.17) is 22.1 Å². The van der Waals surface area contributed by atoms with Crippen molar-refractivity contribution >= 4 is 75.1 Å². The number of nitrogen functional groups attached to an aromatic ring is 1. The number of halogens is 1. The maximum Gasteiger partial charge on any atom is 0.512 e. The summed E-state index contributed by atoms with van der Waals surface area (Å²) in [6.07, 6.45) is -1.55. The maximum absolute atomic E-state index is 12.9. The second-order valence-electron chi connectivity index (χ2n) is 6.61. The van der Waals surface area contributed by atoms with Crippen LogP contribution in [0.5, 0.6) is 0 Å². The van der Waals surface area contributed by atoms with E-state index in [2.05, 4.69) is 25.8 Å². The van der Waals surface area contributed by atoms with Crippen LogP contribution in [0.1, 0.15) is 5.69 Å². The number of nitrogens with zero attached hydrogens (tertiary/aromatic N) is 6. The first-order valence-electron chi connectivity index (χ1n) is 9.05. The van der Waals surface area contributed by atoms with Crippen molar-refractivity contribution in [2.75, 3.05) is 17.2 Å². The van der Waals surface area contributed by atoms with Gasteiger partial charge in [0.05, 0.1) is 11.3 Å². The molecule has 33 heavy (non-hydrogen) atoms. The standard InChI is InChI=1S/C16H15ClN8O5S3/c1-24-15(21-22-23-24)33-4-6-3-31-13-9(11(27)25(13)12(6)30-16(28)29)20-10(26)7(2-17)8-5-32-14(18)19-8/h2,5,9,13H,3-4H2,1H3,(H2,18,19)(H,20,26)(H,28,29)/t9?,13-/m0/s1. The van der Waals surface area contributed by atoms with Crippen LogP contribution in [-0.4, -0.2) is 76.1 Å². The minimum atomic E-state index is -1.55. The van der Waals surface area contributed by atoms with Crippen LogP contribution in [-0.2, 0) is 21.4 Å². The van der Waals surface area contributed by atoms with Crippen molar-refractivity contribution in [2.45, 2.75) is 16.6 Å². The van der Waals surface area contributed by atoms with Gasteiger partial charge < -0.3 is 20.9 Å². The molecule has 2 aliphatic heterocycles. The third kappa shape index (κ3) is 4.64. The Hall–Kier alpha value is -2.82. The van der Waals surface area contributed by atoms with Crippen molar-refractivity contribution in [3.63, 3.8) is 0 Å². The topological polar surface area (TPSA) is 178 Å². The fourth-order valence-corrected chi connectivity index (χ4v) is 6.13. The lowest BCUT2D eigenvalue weighted by molar-refractivity contribution is -0.148. The molecule has 2 aliphatic rings. The zero-order chi connectivity index (χ0) is 23.7. The Morgan fingerprint density at radius 1 is 1.52 bits per heavy atom. The molecule has 1 fully saturated rings. The van der Waals surface area contributed by atoms with Gasteiger partial charge in [0.15, 0.2) is 5.13 Å². The number of nitrogens with two attached hydrogens (primary N) is 1. The monoisotopic (exact) mass is 530 g/mol. The van der Waals surface area contributed by atoms with E-state index < -0.39 is 29.4 Å².